The van der Waals surface area contributed by atoms with Crippen LogP contribution in [0.4, 0.5) is 0 Å². The normalized spacial score (nSPS) is 19.1. The molecule has 2 N–H and O–H groups in total. The van der Waals surface area contributed by atoms with E-state index in [1.54, 1.807) is 7.11 Å². The first kappa shape index (κ1) is 15.0. The van der Waals surface area contributed by atoms with E-state index in [0.717, 1.165) is 45.8 Å². The van der Waals surface area contributed by atoms with Gasteiger partial charge in [-0.05, 0) is 13.0 Å². The van der Waals surface area contributed by atoms with Crippen molar-refractivity contribution < 1.29 is 9.53 Å². The Balaban J connectivity index is 2.41. The zero-order valence-electron chi connectivity index (χ0n) is 11.1. The second-order valence-corrected chi connectivity index (χ2v) is 4.53. The molecule has 1 amide bonds. The van der Waals surface area contributed by atoms with Crippen molar-refractivity contribution in [3.63, 3.8) is 0 Å². The Morgan fingerprint density at radius 3 is 2.89 bits per heavy atom. The van der Waals surface area contributed by atoms with E-state index in [9.17, 15) is 4.79 Å². The fraction of sp³-hybridized carbons (Fsp3) is 0.769. The summed E-state index contributed by atoms with van der Waals surface area (Å²) in [5.41, 5.74) is 5.76. The maximum atomic E-state index is 12.0. The Labute approximate surface area is 109 Å². The van der Waals surface area contributed by atoms with E-state index in [1.165, 1.54) is 0 Å². The molecule has 1 heterocycles. The number of ether oxygens (including phenoxy) is 1. The molecule has 1 rings (SSSR count). The van der Waals surface area contributed by atoms with Crippen LogP contribution in [0.15, 0.2) is 0 Å². The molecule has 0 spiro atoms. The van der Waals surface area contributed by atoms with Crippen molar-refractivity contribution in [2.24, 2.45) is 5.73 Å². The van der Waals surface area contributed by atoms with Crippen LogP contribution < -0.4 is 5.73 Å². The Morgan fingerprint density at radius 1 is 1.44 bits per heavy atom. The van der Waals surface area contributed by atoms with E-state index >= 15 is 0 Å². The van der Waals surface area contributed by atoms with Gasteiger partial charge in [-0.3, -0.25) is 9.69 Å². The van der Waals surface area contributed by atoms with Crippen molar-refractivity contribution in [3.8, 4) is 12.3 Å². The summed E-state index contributed by atoms with van der Waals surface area (Å²) in [5.74, 6) is 2.41. The second-order valence-electron chi connectivity index (χ2n) is 4.53. The molecule has 0 radical (unpaired) electrons. The summed E-state index contributed by atoms with van der Waals surface area (Å²) in [4.78, 5) is 16.2. The number of hydrogen-bond donors (Lipinski definition) is 1. The minimum absolute atomic E-state index is 0.0264. The molecule has 1 aliphatic heterocycles. The smallest absolute Gasteiger partial charge is 0.240 e. The summed E-state index contributed by atoms with van der Waals surface area (Å²) >= 11 is 0. The largest absolute Gasteiger partial charge is 0.383 e. The van der Waals surface area contributed by atoms with Crippen LogP contribution in [0.1, 0.15) is 12.8 Å². The number of hydrogen-bond acceptors (Lipinski definition) is 4. The molecule has 1 atom stereocenters. The summed E-state index contributed by atoms with van der Waals surface area (Å²) in [6.07, 6.45) is 6.46. The number of carbonyl (C=O) groups is 1. The molecule has 0 aliphatic carbocycles. The molecular formula is C13H23N3O2. The fourth-order valence-corrected chi connectivity index (χ4v) is 2.08. The van der Waals surface area contributed by atoms with Gasteiger partial charge in [-0.25, -0.2) is 0 Å². The molecule has 1 aliphatic rings. The lowest BCUT2D eigenvalue weighted by Crippen LogP contribution is -2.45. The molecule has 0 saturated carbocycles. The van der Waals surface area contributed by atoms with Crippen molar-refractivity contribution in [1.29, 1.82) is 0 Å². The van der Waals surface area contributed by atoms with Gasteiger partial charge in [-0.2, -0.15) is 0 Å². The first-order valence-corrected chi connectivity index (χ1v) is 6.38. The third-order valence-corrected chi connectivity index (χ3v) is 3.17. The van der Waals surface area contributed by atoms with Gasteiger partial charge in [0.15, 0.2) is 0 Å². The topological polar surface area (TPSA) is 58.8 Å². The summed E-state index contributed by atoms with van der Waals surface area (Å²) < 4.78 is 5.07. The van der Waals surface area contributed by atoms with Crippen molar-refractivity contribution >= 4 is 5.91 Å². The lowest BCUT2D eigenvalue weighted by atomic mass is 10.2. The third kappa shape index (κ3) is 4.65. The van der Waals surface area contributed by atoms with Gasteiger partial charge < -0.3 is 15.4 Å². The Kier molecular flexibility index (Phi) is 6.73. The summed E-state index contributed by atoms with van der Waals surface area (Å²) in [6.45, 7) is 5.00. The molecule has 5 nitrogen and oxygen atoms in total. The minimum Gasteiger partial charge on any atom is -0.383 e. The van der Waals surface area contributed by atoms with Crippen LogP contribution >= 0.6 is 0 Å². The zero-order chi connectivity index (χ0) is 13.4. The van der Waals surface area contributed by atoms with Crippen molar-refractivity contribution in [3.05, 3.63) is 0 Å². The van der Waals surface area contributed by atoms with Gasteiger partial charge in [0.2, 0.25) is 5.91 Å². The SMILES string of the molecule is C#CCC(N)C(=O)N1CCCN(CCOC)CC1. The number of methoxy groups -OCH3 is 1. The van der Waals surface area contributed by atoms with Crippen LogP contribution in [0.5, 0.6) is 0 Å². The average Bonchev–Trinajstić information content (AvgIpc) is 2.61. The lowest BCUT2D eigenvalue weighted by molar-refractivity contribution is -0.132. The maximum absolute atomic E-state index is 12.0. The minimum atomic E-state index is -0.555. The first-order valence-electron chi connectivity index (χ1n) is 6.38. The number of amides is 1. The van der Waals surface area contributed by atoms with Crippen molar-refractivity contribution in [2.75, 3.05) is 46.4 Å². The molecule has 1 fully saturated rings. The average molecular weight is 253 g/mol. The molecule has 1 saturated heterocycles. The molecule has 0 aromatic rings. The quantitative estimate of drug-likeness (QED) is 0.672. The van der Waals surface area contributed by atoms with Gasteiger partial charge in [0.1, 0.15) is 0 Å². The van der Waals surface area contributed by atoms with Crippen LogP contribution in [0, 0.1) is 12.3 Å². The molecular weight excluding hydrogens is 230 g/mol. The van der Waals surface area contributed by atoms with E-state index in [4.69, 9.17) is 16.9 Å². The predicted molar refractivity (Wildman–Crippen MR) is 70.9 cm³/mol. The van der Waals surface area contributed by atoms with Crippen molar-refractivity contribution in [2.45, 2.75) is 18.9 Å². The highest BCUT2D eigenvalue weighted by Crippen LogP contribution is 2.05. The van der Waals surface area contributed by atoms with Crippen LogP contribution in [-0.4, -0.2) is 68.2 Å². The molecule has 0 aromatic heterocycles. The first-order chi connectivity index (χ1) is 8.69. The van der Waals surface area contributed by atoms with E-state index in [0.29, 0.717) is 6.42 Å². The third-order valence-electron chi connectivity index (χ3n) is 3.17. The van der Waals surface area contributed by atoms with E-state index in [2.05, 4.69) is 10.8 Å². The van der Waals surface area contributed by atoms with Gasteiger partial charge in [0, 0.05) is 39.7 Å². The molecule has 0 bridgehead atoms. The fourth-order valence-electron chi connectivity index (χ4n) is 2.08. The second kappa shape index (κ2) is 8.09. The summed E-state index contributed by atoms with van der Waals surface area (Å²) in [7, 11) is 1.70. The highest BCUT2D eigenvalue weighted by atomic mass is 16.5. The summed E-state index contributed by atoms with van der Waals surface area (Å²) in [5, 5.41) is 0. The Bertz CT molecular complexity index is 301. The van der Waals surface area contributed by atoms with Gasteiger partial charge in [0.05, 0.1) is 12.6 Å². The van der Waals surface area contributed by atoms with Crippen LogP contribution in [0.25, 0.3) is 0 Å². The van der Waals surface area contributed by atoms with E-state index in [-0.39, 0.29) is 5.91 Å². The van der Waals surface area contributed by atoms with Crippen LogP contribution in [0.2, 0.25) is 0 Å². The molecule has 1 unspecified atom stereocenters. The van der Waals surface area contributed by atoms with E-state index < -0.39 is 6.04 Å². The van der Waals surface area contributed by atoms with E-state index in [1.807, 2.05) is 4.90 Å². The molecule has 18 heavy (non-hydrogen) atoms. The monoisotopic (exact) mass is 253 g/mol. The highest BCUT2D eigenvalue weighted by Gasteiger charge is 2.22. The number of nitrogens with zero attached hydrogens (tertiary/aromatic N) is 2. The van der Waals surface area contributed by atoms with Crippen LogP contribution in [0.3, 0.4) is 0 Å². The van der Waals surface area contributed by atoms with Crippen molar-refractivity contribution in [1.82, 2.24) is 9.80 Å². The number of carbonyl (C=O) groups excluding carboxylic acids is 1. The number of nitrogens with two attached hydrogens (primary N) is 1. The molecule has 102 valence electrons. The predicted octanol–water partition coefficient (Wildman–Crippen LogP) is -0.482. The van der Waals surface area contributed by atoms with Gasteiger partial charge in [-0.1, -0.05) is 0 Å². The summed E-state index contributed by atoms with van der Waals surface area (Å²) in [6, 6.07) is -0.555. The highest BCUT2D eigenvalue weighted by molar-refractivity contribution is 5.82. The molecule has 0 aromatic carbocycles. The zero-order valence-corrected chi connectivity index (χ0v) is 11.1. The maximum Gasteiger partial charge on any atom is 0.240 e. The number of rotatable bonds is 5. The van der Waals surface area contributed by atoms with Crippen LogP contribution in [-0.2, 0) is 9.53 Å². The Hall–Kier alpha value is -1.09. The lowest BCUT2D eigenvalue weighted by Gasteiger charge is -2.23. The van der Waals surface area contributed by atoms with Gasteiger partial charge in [0.25, 0.3) is 0 Å². The van der Waals surface area contributed by atoms with Gasteiger partial charge in [-0.15, -0.1) is 12.3 Å². The standard InChI is InChI=1S/C13H23N3O2/c1-3-5-12(14)13(17)16-7-4-6-15(8-9-16)10-11-18-2/h1,12H,4-11,14H2,2H3. The van der Waals surface area contributed by atoms with Gasteiger partial charge >= 0.3 is 0 Å². The Morgan fingerprint density at radius 2 is 2.22 bits per heavy atom. The number of terminal acetylenes is 1. The molecule has 5 heteroatoms.